The molecule has 0 atom stereocenters. The highest BCUT2D eigenvalue weighted by molar-refractivity contribution is 7.15. The zero-order chi connectivity index (χ0) is 15.7. The molecule has 0 spiro atoms. The average Bonchev–Trinajstić information content (AvgIpc) is 3.07. The molecule has 114 valence electrons. The number of rotatable bonds is 3. The lowest BCUT2D eigenvalue weighted by atomic mass is 10.1. The van der Waals surface area contributed by atoms with Crippen LogP contribution in [0.2, 0.25) is 5.02 Å². The van der Waals surface area contributed by atoms with Crippen LogP contribution in [-0.2, 0) is 4.79 Å². The van der Waals surface area contributed by atoms with E-state index in [1.165, 1.54) is 11.3 Å². The summed E-state index contributed by atoms with van der Waals surface area (Å²) in [6.07, 6.45) is 1.27. The van der Waals surface area contributed by atoms with Crippen LogP contribution in [0.5, 0.6) is 0 Å². The second-order valence-electron chi connectivity index (χ2n) is 4.89. The third-order valence-corrected chi connectivity index (χ3v) is 4.30. The first-order valence-electron chi connectivity index (χ1n) is 6.76. The molecule has 22 heavy (non-hydrogen) atoms. The van der Waals surface area contributed by atoms with Gasteiger partial charge in [0.05, 0.1) is 11.3 Å². The molecule has 0 bridgehead atoms. The summed E-state index contributed by atoms with van der Waals surface area (Å²) < 4.78 is 0. The summed E-state index contributed by atoms with van der Waals surface area (Å²) in [5.74, 6) is -0.328. The van der Waals surface area contributed by atoms with Crippen LogP contribution < -0.4 is 10.2 Å². The maximum Gasteiger partial charge on any atom is 0.259 e. The number of benzene rings is 1. The molecule has 2 amide bonds. The van der Waals surface area contributed by atoms with Gasteiger partial charge in [-0.3, -0.25) is 14.9 Å². The Bertz CT molecular complexity index is 746. The minimum absolute atomic E-state index is 0.00285. The molecule has 1 fully saturated rings. The molecule has 1 aromatic heterocycles. The summed E-state index contributed by atoms with van der Waals surface area (Å²) in [4.78, 5) is 26.0. The standard InChI is InChI=1S/C14H13ClN4O2S/c1-8-17-18-14(22-8)16-13(21)10-5-4-9(15)7-11(10)19-6-2-3-12(19)20/h4-5,7H,2-3,6H2,1H3,(H,16,18,21). The second-order valence-corrected chi connectivity index (χ2v) is 6.51. The van der Waals surface area contributed by atoms with Crippen LogP contribution in [0.25, 0.3) is 0 Å². The molecule has 2 aromatic rings. The normalized spacial score (nSPS) is 14.5. The minimum atomic E-state index is -0.331. The zero-order valence-electron chi connectivity index (χ0n) is 11.8. The zero-order valence-corrected chi connectivity index (χ0v) is 13.4. The highest BCUT2D eigenvalue weighted by atomic mass is 35.5. The van der Waals surface area contributed by atoms with Crippen LogP contribution in [0.4, 0.5) is 10.8 Å². The van der Waals surface area contributed by atoms with Gasteiger partial charge in [0, 0.05) is 18.0 Å². The highest BCUT2D eigenvalue weighted by Gasteiger charge is 2.26. The lowest BCUT2D eigenvalue weighted by Gasteiger charge is -2.19. The number of nitrogens with one attached hydrogen (secondary N) is 1. The Labute approximate surface area is 136 Å². The van der Waals surface area contributed by atoms with E-state index in [0.717, 1.165) is 11.4 Å². The summed E-state index contributed by atoms with van der Waals surface area (Å²) in [5.41, 5.74) is 0.932. The molecule has 6 nitrogen and oxygen atoms in total. The van der Waals surface area contributed by atoms with E-state index in [-0.39, 0.29) is 11.8 Å². The number of halogens is 1. The van der Waals surface area contributed by atoms with Crippen LogP contribution in [-0.4, -0.2) is 28.6 Å². The monoisotopic (exact) mass is 336 g/mol. The molecule has 1 aromatic carbocycles. The lowest BCUT2D eigenvalue weighted by Crippen LogP contribution is -2.27. The molecule has 8 heteroatoms. The number of aryl methyl sites for hydroxylation is 1. The number of hydrogen-bond donors (Lipinski definition) is 1. The van der Waals surface area contributed by atoms with Crippen molar-refractivity contribution >= 4 is 45.6 Å². The van der Waals surface area contributed by atoms with Crippen molar-refractivity contribution in [2.75, 3.05) is 16.8 Å². The van der Waals surface area contributed by atoms with Gasteiger partial charge in [0.2, 0.25) is 11.0 Å². The van der Waals surface area contributed by atoms with E-state index < -0.39 is 0 Å². The van der Waals surface area contributed by atoms with Crippen molar-refractivity contribution in [3.8, 4) is 0 Å². The van der Waals surface area contributed by atoms with Gasteiger partial charge in [-0.15, -0.1) is 10.2 Å². The first-order valence-corrected chi connectivity index (χ1v) is 7.95. The summed E-state index contributed by atoms with van der Waals surface area (Å²) in [6.45, 7) is 2.40. The lowest BCUT2D eigenvalue weighted by molar-refractivity contribution is -0.117. The topological polar surface area (TPSA) is 75.2 Å². The van der Waals surface area contributed by atoms with Gasteiger partial charge in [0.25, 0.3) is 5.91 Å². The smallest absolute Gasteiger partial charge is 0.259 e. The number of carbonyl (C=O) groups excluding carboxylic acids is 2. The molecule has 1 aliphatic rings. The average molecular weight is 337 g/mol. The van der Waals surface area contributed by atoms with E-state index in [4.69, 9.17) is 11.6 Å². The number of hydrogen-bond acceptors (Lipinski definition) is 5. The molecule has 0 radical (unpaired) electrons. The van der Waals surface area contributed by atoms with Crippen molar-refractivity contribution in [1.82, 2.24) is 10.2 Å². The van der Waals surface area contributed by atoms with E-state index in [1.54, 1.807) is 23.1 Å². The van der Waals surface area contributed by atoms with E-state index in [1.807, 2.05) is 6.92 Å². The van der Waals surface area contributed by atoms with E-state index in [2.05, 4.69) is 15.5 Å². The summed E-state index contributed by atoms with van der Waals surface area (Å²) in [7, 11) is 0. The number of aromatic nitrogens is 2. The summed E-state index contributed by atoms with van der Waals surface area (Å²) in [6, 6.07) is 4.89. The van der Waals surface area contributed by atoms with Gasteiger partial charge in [-0.25, -0.2) is 0 Å². The predicted molar refractivity (Wildman–Crippen MR) is 85.6 cm³/mol. The highest BCUT2D eigenvalue weighted by Crippen LogP contribution is 2.29. The summed E-state index contributed by atoms with van der Waals surface area (Å²) in [5, 5.41) is 12.1. The van der Waals surface area contributed by atoms with Crippen molar-refractivity contribution in [3.05, 3.63) is 33.8 Å². The van der Waals surface area contributed by atoms with Crippen molar-refractivity contribution in [2.45, 2.75) is 19.8 Å². The Hall–Kier alpha value is -1.99. The molecule has 3 rings (SSSR count). The Balaban J connectivity index is 1.92. The molecular weight excluding hydrogens is 324 g/mol. The number of amides is 2. The van der Waals surface area contributed by atoms with Crippen molar-refractivity contribution in [2.24, 2.45) is 0 Å². The first kappa shape index (κ1) is 14.9. The fraction of sp³-hybridized carbons (Fsp3) is 0.286. The van der Waals surface area contributed by atoms with Crippen molar-refractivity contribution in [3.63, 3.8) is 0 Å². The molecule has 1 saturated heterocycles. The molecule has 1 aliphatic heterocycles. The fourth-order valence-electron chi connectivity index (χ4n) is 2.33. The predicted octanol–water partition coefficient (Wildman–Crippen LogP) is 2.88. The minimum Gasteiger partial charge on any atom is -0.312 e. The molecule has 0 unspecified atom stereocenters. The van der Waals surface area contributed by atoms with Gasteiger partial charge in [-0.05, 0) is 31.5 Å². The van der Waals surface area contributed by atoms with Gasteiger partial charge in [0.15, 0.2) is 0 Å². The van der Waals surface area contributed by atoms with Gasteiger partial charge in [-0.1, -0.05) is 22.9 Å². The first-order chi connectivity index (χ1) is 10.5. The maximum atomic E-state index is 12.5. The third-order valence-electron chi connectivity index (χ3n) is 3.32. The van der Waals surface area contributed by atoms with Crippen LogP contribution in [0.15, 0.2) is 18.2 Å². The van der Waals surface area contributed by atoms with Gasteiger partial charge in [-0.2, -0.15) is 0 Å². The quantitative estimate of drug-likeness (QED) is 0.935. The van der Waals surface area contributed by atoms with Crippen LogP contribution >= 0.6 is 22.9 Å². The molecular formula is C14H13ClN4O2S. The third kappa shape index (κ3) is 2.95. The Morgan fingerprint density at radius 3 is 2.86 bits per heavy atom. The SMILES string of the molecule is Cc1nnc(NC(=O)c2ccc(Cl)cc2N2CCCC2=O)s1. The Kier molecular flexibility index (Phi) is 4.08. The second kappa shape index (κ2) is 6.02. The van der Waals surface area contributed by atoms with Crippen LogP contribution in [0.3, 0.4) is 0 Å². The molecule has 0 saturated carbocycles. The Morgan fingerprint density at radius 1 is 1.41 bits per heavy atom. The van der Waals surface area contributed by atoms with Crippen LogP contribution in [0.1, 0.15) is 28.2 Å². The van der Waals surface area contributed by atoms with Crippen molar-refractivity contribution < 1.29 is 9.59 Å². The largest absolute Gasteiger partial charge is 0.312 e. The van der Waals surface area contributed by atoms with E-state index in [9.17, 15) is 9.59 Å². The number of nitrogens with zero attached hydrogens (tertiary/aromatic N) is 3. The van der Waals surface area contributed by atoms with Gasteiger partial charge >= 0.3 is 0 Å². The number of anilines is 2. The maximum absolute atomic E-state index is 12.5. The molecule has 2 heterocycles. The fourth-order valence-corrected chi connectivity index (χ4v) is 3.09. The van der Waals surface area contributed by atoms with Crippen molar-refractivity contribution in [1.29, 1.82) is 0 Å². The van der Waals surface area contributed by atoms with Gasteiger partial charge < -0.3 is 4.90 Å². The number of carbonyl (C=O) groups is 2. The van der Waals surface area contributed by atoms with Crippen LogP contribution in [0, 0.1) is 6.92 Å². The molecule has 0 aliphatic carbocycles. The summed E-state index contributed by atoms with van der Waals surface area (Å²) >= 11 is 7.31. The van der Waals surface area contributed by atoms with E-state index >= 15 is 0 Å². The molecule has 1 N–H and O–H groups in total. The Morgan fingerprint density at radius 2 is 2.23 bits per heavy atom. The van der Waals surface area contributed by atoms with Gasteiger partial charge in [0.1, 0.15) is 5.01 Å². The van der Waals surface area contributed by atoms with E-state index in [0.29, 0.717) is 34.4 Å².